The summed E-state index contributed by atoms with van der Waals surface area (Å²) in [7, 11) is 0. The van der Waals surface area contributed by atoms with Crippen molar-refractivity contribution in [2.45, 2.75) is 19.3 Å². The minimum atomic E-state index is -0.632. The van der Waals surface area contributed by atoms with Crippen molar-refractivity contribution in [2.75, 3.05) is 12.3 Å². The number of halogens is 1. The molecule has 0 saturated heterocycles. The van der Waals surface area contributed by atoms with Gasteiger partial charge in [-0.3, -0.25) is 9.78 Å². The molecule has 0 amide bonds. The van der Waals surface area contributed by atoms with Crippen molar-refractivity contribution in [3.8, 4) is 22.3 Å². The van der Waals surface area contributed by atoms with Crippen LogP contribution in [0.25, 0.3) is 22.3 Å². The molecule has 2 aromatic carbocycles. The number of aliphatic hydroxyl groups excluding tert-OH is 1. The number of nitrogen functional groups attached to an aromatic ring is 1. The summed E-state index contributed by atoms with van der Waals surface area (Å²) in [6, 6.07) is 17.4. The molecule has 0 aliphatic heterocycles. The average molecular weight is 442 g/mol. The molecule has 0 spiro atoms. The van der Waals surface area contributed by atoms with E-state index in [4.69, 9.17) is 5.73 Å². The van der Waals surface area contributed by atoms with Gasteiger partial charge in [-0.05, 0) is 53.4 Å². The van der Waals surface area contributed by atoms with E-state index in [1.807, 2.05) is 49.4 Å². The van der Waals surface area contributed by atoms with E-state index in [1.54, 1.807) is 24.7 Å². The van der Waals surface area contributed by atoms with E-state index in [2.05, 4.69) is 9.97 Å². The quantitative estimate of drug-likeness (QED) is 0.385. The lowest BCUT2D eigenvalue weighted by atomic mass is 9.91. The third kappa shape index (κ3) is 4.81. The van der Waals surface area contributed by atoms with Crippen molar-refractivity contribution >= 4 is 11.6 Å². The zero-order chi connectivity index (χ0) is 23.4. The summed E-state index contributed by atoms with van der Waals surface area (Å²) in [6.07, 6.45) is 5.15. The Hall–Kier alpha value is -3.90. The predicted octanol–water partition coefficient (Wildman–Crippen LogP) is 5.19. The Balaban J connectivity index is 1.62. The lowest BCUT2D eigenvalue weighted by molar-refractivity contribution is 0.0956. The van der Waals surface area contributed by atoms with Crippen molar-refractivity contribution < 1.29 is 14.3 Å². The summed E-state index contributed by atoms with van der Waals surface area (Å²) in [4.78, 5) is 21.2. The first-order valence-electron chi connectivity index (χ1n) is 10.6. The molecular formula is C27H24FN3O2. The first-order chi connectivity index (χ1) is 16.0. The SMILES string of the molecule is Cc1cnccc1-c1cnc(N)c(-c2ccc(C(=O)C[C@H](CO)c3ccccc3)c(F)c2)c1. The van der Waals surface area contributed by atoms with Crippen molar-refractivity contribution in [3.05, 3.63) is 102 Å². The highest BCUT2D eigenvalue weighted by molar-refractivity contribution is 5.97. The maximum absolute atomic E-state index is 15.0. The number of hydrogen-bond acceptors (Lipinski definition) is 5. The Labute approximate surface area is 191 Å². The van der Waals surface area contributed by atoms with Crippen LogP contribution in [0.1, 0.15) is 33.8 Å². The van der Waals surface area contributed by atoms with Gasteiger partial charge >= 0.3 is 0 Å². The van der Waals surface area contributed by atoms with Gasteiger partial charge in [0.2, 0.25) is 0 Å². The minimum absolute atomic E-state index is 0.0112. The highest BCUT2D eigenvalue weighted by atomic mass is 19.1. The normalized spacial score (nSPS) is 11.8. The van der Waals surface area contributed by atoms with Crippen LogP contribution in [0.15, 0.2) is 79.3 Å². The molecule has 5 nitrogen and oxygen atoms in total. The van der Waals surface area contributed by atoms with Crippen molar-refractivity contribution in [2.24, 2.45) is 0 Å². The Morgan fingerprint density at radius 1 is 1.03 bits per heavy atom. The molecule has 0 aliphatic rings. The van der Waals surface area contributed by atoms with E-state index in [9.17, 15) is 9.90 Å². The molecule has 33 heavy (non-hydrogen) atoms. The number of benzene rings is 2. The molecule has 6 heteroatoms. The number of aromatic nitrogens is 2. The summed E-state index contributed by atoms with van der Waals surface area (Å²) in [5.74, 6) is -1.12. The van der Waals surface area contributed by atoms with Gasteiger partial charge in [0.1, 0.15) is 11.6 Å². The number of carbonyl (C=O) groups excluding carboxylic acids is 1. The number of nitrogens with zero attached hydrogens (tertiary/aromatic N) is 2. The summed E-state index contributed by atoms with van der Waals surface area (Å²) in [5, 5.41) is 9.74. The highest BCUT2D eigenvalue weighted by Crippen LogP contribution is 2.32. The van der Waals surface area contributed by atoms with E-state index < -0.39 is 11.7 Å². The Bertz CT molecular complexity index is 1290. The van der Waals surface area contributed by atoms with Crippen LogP contribution in [-0.4, -0.2) is 27.5 Å². The maximum atomic E-state index is 15.0. The zero-order valence-electron chi connectivity index (χ0n) is 18.2. The second-order valence-electron chi connectivity index (χ2n) is 7.96. The van der Waals surface area contributed by atoms with E-state index in [0.717, 1.165) is 22.3 Å². The number of aryl methyl sites for hydroxylation is 1. The summed E-state index contributed by atoms with van der Waals surface area (Å²) in [5.41, 5.74) is 10.8. The van der Waals surface area contributed by atoms with Gasteiger partial charge in [0.15, 0.2) is 5.78 Å². The molecule has 166 valence electrons. The molecule has 0 radical (unpaired) electrons. The van der Waals surface area contributed by atoms with Crippen LogP contribution < -0.4 is 5.73 Å². The number of carbonyl (C=O) groups is 1. The van der Waals surface area contributed by atoms with Crippen LogP contribution in [-0.2, 0) is 0 Å². The number of hydrogen-bond donors (Lipinski definition) is 2. The molecule has 0 unspecified atom stereocenters. The number of aliphatic hydroxyl groups is 1. The van der Waals surface area contributed by atoms with E-state index >= 15 is 4.39 Å². The summed E-state index contributed by atoms with van der Waals surface area (Å²) >= 11 is 0. The molecular weight excluding hydrogens is 417 g/mol. The Morgan fingerprint density at radius 2 is 1.82 bits per heavy atom. The molecule has 4 aromatic rings. The molecule has 0 aliphatic carbocycles. The molecule has 2 aromatic heterocycles. The van der Waals surface area contributed by atoms with Gasteiger partial charge in [-0.25, -0.2) is 9.37 Å². The average Bonchev–Trinajstić information content (AvgIpc) is 2.83. The van der Waals surface area contributed by atoms with Crippen LogP contribution in [0.3, 0.4) is 0 Å². The van der Waals surface area contributed by atoms with Gasteiger partial charge in [0, 0.05) is 42.1 Å². The fourth-order valence-corrected chi connectivity index (χ4v) is 3.91. The van der Waals surface area contributed by atoms with E-state index in [1.165, 1.54) is 12.1 Å². The lowest BCUT2D eigenvalue weighted by Crippen LogP contribution is -2.12. The number of nitrogens with two attached hydrogens (primary N) is 1. The lowest BCUT2D eigenvalue weighted by Gasteiger charge is -2.15. The van der Waals surface area contributed by atoms with E-state index in [0.29, 0.717) is 11.1 Å². The van der Waals surface area contributed by atoms with Gasteiger partial charge in [0.05, 0.1) is 12.2 Å². The fourth-order valence-electron chi connectivity index (χ4n) is 3.91. The fraction of sp³-hybridized carbons (Fsp3) is 0.148. The number of Topliss-reactive ketones (excluding diaryl/α,β-unsaturated/α-hetero) is 1. The van der Waals surface area contributed by atoms with Crippen LogP contribution in [0.4, 0.5) is 10.2 Å². The standard InChI is InChI=1S/C27H24FN3O2/c1-17-14-30-10-9-22(17)20-11-24(27(29)31-15-20)19-7-8-23(25(28)12-19)26(33)13-21(16-32)18-5-3-2-4-6-18/h2-12,14-15,21,32H,13,16H2,1H3,(H2,29,31)/t21-/m1/s1. The first kappa shape index (κ1) is 22.3. The molecule has 0 bridgehead atoms. The van der Waals surface area contributed by atoms with Crippen LogP contribution in [0.5, 0.6) is 0 Å². The maximum Gasteiger partial charge on any atom is 0.166 e. The molecule has 3 N–H and O–H groups in total. The van der Waals surface area contributed by atoms with Crippen LogP contribution in [0, 0.1) is 12.7 Å². The highest BCUT2D eigenvalue weighted by Gasteiger charge is 2.20. The number of ketones is 1. The van der Waals surface area contributed by atoms with Crippen LogP contribution in [0.2, 0.25) is 0 Å². The van der Waals surface area contributed by atoms with Crippen LogP contribution >= 0.6 is 0 Å². The molecule has 0 fully saturated rings. The monoisotopic (exact) mass is 441 g/mol. The molecule has 0 saturated carbocycles. The summed E-state index contributed by atoms with van der Waals surface area (Å²) < 4.78 is 15.0. The zero-order valence-corrected chi connectivity index (χ0v) is 18.2. The smallest absolute Gasteiger partial charge is 0.166 e. The van der Waals surface area contributed by atoms with Gasteiger partial charge in [-0.1, -0.05) is 36.4 Å². The Morgan fingerprint density at radius 3 is 2.52 bits per heavy atom. The van der Waals surface area contributed by atoms with Crippen molar-refractivity contribution in [3.63, 3.8) is 0 Å². The van der Waals surface area contributed by atoms with Crippen molar-refractivity contribution in [1.82, 2.24) is 9.97 Å². The number of pyridine rings is 2. The van der Waals surface area contributed by atoms with Gasteiger partial charge in [-0.15, -0.1) is 0 Å². The third-order valence-corrected chi connectivity index (χ3v) is 5.75. The minimum Gasteiger partial charge on any atom is -0.396 e. The first-order valence-corrected chi connectivity index (χ1v) is 10.6. The third-order valence-electron chi connectivity index (χ3n) is 5.75. The van der Waals surface area contributed by atoms with Crippen molar-refractivity contribution in [1.29, 1.82) is 0 Å². The second kappa shape index (κ2) is 9.71. The molecule has 1 atom stereocenters. The van der Waals surface area contributed by atoms with Gasteiger partial charge in [-0.2, -0.15) is 0 Å². The number of anilines is 1. The van der Waals surface area contributed by atoms with E-state index in [-0.39, 0.29) is 30.2 Å². The topological polar surface area (TPSA) is 89.1 Å². The molecule has 2 heterocycles. The predicted molar refractivity (Wildman–Crippen MR) is 127 cm³/mol. The molecule has 4 rings (SSSR count). The second-order valence-corrected chi connectivity index (χ2v) is 7.96. The largest absolute Gasteiger partial charge is 0.396 e. The Kier molecular flexibility index (Phi) is 6.56. The summed E-state index contributed by atoms with van der Waals surface area (Å²) in [6.45, 7) is 1.76. The van der Waals surface area contributed by atoms with Gasteiger partial charge in [0.25, 0.3) is 0 Å². The number of rotatable bonds is 7. The van der Waals surface area contributed by atoms with Gasteiger partial charge < -0.3 is 10.8 Å².